The third kappa shape index (κ3) is 8.27. The van der Waals surface area contributed by atoms with Gasteiger partial charge in [-0.25, -0.2) is 4.39 Å². The Morgan fingerprint density at radius 1 is 1.05 bits per heavy atom. The van der Waals surface area contributed by atoms with Crippen LogP contribution in [0.5, 0.6) is 0 Å². The molecule has 1 aromatic rings. The van der Waals surface area contributed by atoms with Crippen molar-refractivity contribution in [2.75, 3.05) is 19.6 Å². The SMILES string of the molecule is Cl.NCCCNC(=O)CCCNC(=O)c1ccc(F)cc1. The summed E-state index contributed by atoms with van der Waals surface area (Å²) in [6.45, 7) is 1.53. The minimum atomic E-state index is -0.379. The average Bonchev–Trinajstić information content (AvgIpc) is 2.44. The van der Waals surface area contributed by atoms with Gasteiger partial charge >= 0.3 is 0 Å². The molecule has 118 valence electrons. The fourth-order valence-electron chi connectivity index (χ4n) is 1.57. The Kier molecular flexibility index (Phi) is 10.2. The molecule has 0 aliphatic heterocycles. The first kappa shape index (κ1) is 19.3. The molecular weight excluding hydrogens is 297 g/mol. The van der Waals surface area contributed by atoms with Crippen molar-refractivity contribution in [1.29, 1.82) is 0 Å². The van der Waals surface area contributed by atoms with E-state index in [4.69, 9.17) is 5.73 Å². The molecule has 4 N–H and O–H groups in total. The molecule has 1 aromatic carbocycles. The number of nitrogens with two attached hydrogens (primary N) is 1. The third-order valence-corrected chi connectivity index (χ3v) is 2.68. The zero-order chi connectivity index (χ0) is 14.8. The molecule has 2 amide bonds. The Morgan fingerprint density at radius 2 is 1.67 bits per heavy atom. The Morgan fingerprint density at radius 3 is 2.29 bits per heavy atom. The number of rotatable bonds is 8. The number of halogens is 2. The minimum Gasteiger partial charge on any atom is -0.356 e. The normalized spacial score (nSPS) is 9.62. The quantitative estimate of drug-likeness (QED) is 0.630. The largest absolute Gasteiger partial charge is 0.356 e. The molecule has 0 unspecified atom stereocenters. The van der Waals surface area contributed by atoms with Crippen molar-refractivity contribution in [1.82, 2.24) is 10.6 Å². The Balaban J connectivity index is 0.00000400. The summed E-state index contributed by atoms with van der Waals surface area (Å²) in [7, 11) is 0. The fraction of sp³-hybridized carbons (Fsp3) is 0.429. The number of benzene rings is 1. The standard InChI is InChI=1S/C14H20FN3O2.ClH/c15-12-6-4-11(5-7-12)14(20)18-9-1-3-13(19)17-10-2-8-16;/h4-7H,1-3,8-10,16H2,(H,17,19)(H,18,20);1H. The summed E-state index contributed by atoms with van der Waals surface area (Å²) in [5.41, 5.74) is 5.71. The van der Waals surface area contributed by atoms with Crippen LogP contribution in [0.15, 0.2) is 24.3 Å². The fourth-order valence-corrected chi connectivity index (χ4v) is 1.57. The molecule has 0 aromatic heterocycles. The van der Waals surface area contributed by atoms with Crippen LogP contribution >= 0.6 is 12.4 Å². The van der Waals surface area contributed by atoms with Gasteiger partial charge in [-0.3, -0.25) is 9.59 Å². The predicted octanol–water partition coefficient (Wildman–Crippen LogP) is 1.22. The lowest BCUT2D eigenvalue weighted by molar-refractivity contribution is -0.121. The molecule has 0 spiro atoms. The summed E-state index contributed by atoms with van der Waals surface area (Å²) in [6, 6.07) is 5.31. The monoisotopic (exact) mass is 317 g/mol. The van der Waals surface area contributed by atoms with E-state index in [1.807, 2.05) is 0 Å². The van der Waals surface area contributed by atoms with Gasteiger partial charge in [-0.05, 0) is 43.7 Å². The van der Waals surface area contributed by atoms with Crippen LogP contribution in [0.3, 0.4) is 0 Å². The van der Waals surface area contributed by atoms with Gasteiger partial charge in [-0.2, -0.15) is 0 Å². The molecule has 0 aliphatic rings. The Hall–Kier alpha value is -1.66. The van der Waals surface area contributed by atoms with Crippen LogP contribution in [0.25, 0.3) is 0 Å². The van der Waals surface area contributed by atoms with E-state index < -0.39 is 0 Å². The zero-order valence-corrected chi connectivity index (χ0v) is 12.5. The molecule has 0 bridgehead atoms. The summed E-state index contributed by atoms with van der Waals surface area (Å²) < 4.78 is 12.7. The Bertz CT molecular complexity index is 440. The maximum Gasteiger partial charge on any atom is 0.251 e. The second-order valence-corrected chi connectivity index (χ2v) is 4.36. The van der Waals surface area contributed by atoms with Crippen LogP contribution in [-0.4, -0.2) is 31.4 Å². The van der Waals surface area contributed by atoms with Crippen LogP contribution in [0.4, 0.5) is 4.39 Å². The Labute approximate surface area is 129 Å². The highest BCUT2D eigenvalue weighted by Crippen LogP contribution is 2.02. The van der Waals surface area contributed by atoms with E-state index in [0.717, 1.165) is 6.42 Å². The lowest BCUT2D eigenvalue weighted by Gasteiger charge is -2.06. The van der Waals surface area contributed by atoms with Gasteiger partial charge in [0.1, 0.15) is 5.82 Å². The summed E-state index contributed by atoms with van der Waals surface area (Å²) in [5.74, 6) is -0.696. The smallest absolute Gasteiger partial charge is 0.251 e. The van der Waals surface area contributed by atoms with Gasteiger partial charge in [0.15, 0.2) is 0 Å². The number of carbonyl (C=O) groups excluding carboxylic acids is 2. The molecule has 0 saturated heterocycles. The number of carbonyl (C=O) groups is 2. The van der Waals surface area contributed by atoms with Gasteiger partial charge in [0.2, 0.25) is 5.91 Å². The summed E-state index contributed by atoms with van der Waals surface area (Å²) >= 11 is 0. The lowest BCUT2D eigenvalue weighted by Crippen LogP contribution is -2.28. The van der Waals surface area contributed by atoms with Crippen molar-refractivity contribution in [2.45, 2.75) is 19.3 Å². The maximum atomic E-state index is 12.7. The first-order chi connectivity index (χ1) is 9.63. The van der Waals surface area contributed by atoms with E-state index in [1.165, 1.54) is 24.3 Å². The van der Waals surface area contributed by atoms with E-state index in [0.29, 0.717) is 38.0 Å². The highest BCUT2D eigenvalue weighted by Gasteiger charge is 2.05. The van der Waals surface area contributed by atoms with Crippen molar-refractivity contribution >= 4 is 24.2 Å². The highest BCUT2D eigenvalue weighted by molar-refractivity contribution is 5.94. The van der Waals surface area contributed by atoms with E-state index in [9.17, 15) is 14.0 Å². The lowest BCUT2D eigenvalue weighted by atomic mass is 10.2. The molecule has 1 rings (SSSR count). The first-order valence-electron chi connectivity index (χ1n) is 6.64. The van der Waals surface area contributed by atoms with E-state index in [2.05, 4.69) is 10.6 Å². The van der Waals surface area contributed by atoms with Crippen molar-refractivity contribution < 1.29 is 14.0 Å². The molecule has 0 radical (unpaired) electrons. The van der Waals surface area contributed by atoms with E-state index >= 15 is 0 Å². The number of hydrogen-bond acceptors (Lipinski definition) is 3. The van der Waals surface area contributed by atoms with Gasteiger partial charge in [0.05, 0.1) is 0 Å². The van der Waals surface area contributed by atoms with Crippen LogP contribution in [0.2, 0.25) is 0 Å². The minimum absolute atomic E-state index is 0. The number of amides is 2. The first-order valence-corrected chi connectivity index (χ1v) is 6.64. The number of hydrogen-bond donors (Lipinski definition) is 3. The van der Waals surface area contributed by atoms with Crippen molar-refractivity contribution in [3.05, 3.63) is 35.6 Å². The van der Waals surface area contributed by atoms with Gasteiger partial charge < -0.3 is 16.4 Å². The molecule has 21 heavy (non-hydrogen) atoms. The van der Waals surface area contributed by atoms with E-state index in [1.54, 1.807) is 0 Å². The molecule has 0 heterocycles. The molecule has 0 aliphatic carbocycles. The van der Waals surface area contributed by atoms with Crippen LogP contribution < -0.4 is 16.4 Å². The van der Waals surface area contributed by atoms with Crippen LogP contribution in [0, 0.1) is 5.82 Å². The van der Waals surface area contributed by atoms with Crippen molar-refractivity contribution in [2.24, 2.45) is 5.73 Å². The predicted molar refractivity (Wildman–Crippen MR) is 81.9 cm³/mol. The summed E-state index contributed by atoms with van der Waals surface area (Å²) in [6.07, 6.45) is 1.67. The van der Waals surface area contributed by atoms with Gasteiger partial charge in [-0.15, -0.1) is 12.4 Å². The third-order valence-electron chi connectivity index (χ3n) is 2.68. The highest BCUT2D eigenvalue weighted by atomic mass is 35.5. The van der Waals surface area contributed by atoms with Crippen LogP contribution in [-0.2, 0) is 4.79 Å². The summed E-state index contributed by atoms with van der Waals surface area (Å²) in [5, 5.41) is 5.42. The van der Waals surface area contributed by atoms with Gasteiger partial charge in [0, 0.05) is 25.1 Å². The number of nitrogens with one attached hydrogen (secondary N) is 2. The van der Waals surface area contributed by atoms with Crippen LogP contribution in [0.1, 0.15) is 29.6 Å². The molecular formula is C14H21ClFN3O2. The van der Waals surface area contributed by atoms with Crippen molar-refractivity contribution in [3.8, 4) is 0 Å². The molecule has 5 nitrogen and oxygen atoms in total. The van der Waals surface area contributed by atoms with Gasteiger partial charge in [-0.1, -0.05) is 0 Å². The topological polar surface area (TPSA) is 84.2 Å². The van der Waals surface area contributed by atoms with Gasteiger partial charge in [0.25, 0.3) is 5.91 Å². The maximum absolute atomic E-state index is 12.7. The second-order valence-electron chi connectivity index (χ2n) is 4.36. The molecule has 0 saturated carbocycles. The van der Waals surface area contributed by atoms with E-state index in [-0.39, 0.29) is 30.0 Å². The summed E-state index contributed by atoms with van der Waals surface area (Å²) in [4.78, 5) is 23.0. The molecule has 0 fully saturated rings. The molecule has 7 heteroatoms. The zero-order valence-electron chi connectivity index (χ0n) is 11.7. The second kappa shape index (κ2) is 11.0. The van der Waals surface area contributed by atoms with Crippen molar-refractivity contribution in [3.63, 3.8) is 0 Å². The average molecular weight is 318 g/mol. The molecule has 0 atom stereocenters.